The Hall–Kier alpha value is -3.22. The summed E-state index contributed by atoms with van der Waals surface area (Å²) < 4.78 is 16.9. The number of benzene rings is 2. The Morgan fingerprint density at radius 3 is 2.69 bits per heavy atom. The van der Waals surface area contributed by atoms with E-state index in [1.165, 1.54) is 4.90 Å². The molecule has 0 aliphatic carbocycles. The Morgan fingerprint density at radius 1 is 1.07 bits per heavy atom. The van der Waals surface area contributed by atoms with E-state index >= 15 is 0 Å². The summed E-state index contributed by atoms with van der Waals surface area (Å²) in [4.78, 5) is 26.5. The maximum Gasteiger partial charge on any atom is 0.265 e. The Morgan fingerprint density at radius 2 is 1.86 bits per heavy atom. The van der Waals surface area contributed by atoms with Gasteiger partial charge in [-0.1, -0.05) is 25.1 Å². The first-order valence-electron chi connectivity index (χ1n) is 9.87. The predicted molar refractivity (Wildman–Crippen MR) is 108 cm³/mol. The van der Waals surface area contributed by atoms with Crippen LogP contribution in [0.25, 0.3) is 0 Å². The van der Waals surface area contributed by atoms with Gasteiger partial charge in [0.1, 0.15) is 12.3 Å². The molecule has 1 N–H and O–H groups in total. The summed E-state index contributed by atoms with van der Waals surface area (Å²) in [5.41, 5.74) is 1.56. The maximum absolute atomic E-state index is 12.8. The highest BCUT2D eigenvalue weighted by atomic mass is 16.5. The summed E-state index contributed by atoms with van der Waals surface area (Å²) in [6.07, 6.45) is 1.55. The Kier molecular flexibility index (Phi) is 5.55. The third-order valence-electron chi connectivity index (χ3n) is 5.03. The van der Waals surface area contributed by atoms with Gasteiger partial charge in [0, 0.05) is 6.42 Å². The molecule has 2 aromatic rings. The van der Waals surface area contributed by atoms with Crippen molar-refractivity contribution in [2.24, 2.45) is 0 Å². The highest BCUT2D eigenvalue weighted by molar-refractivity contribution is 6.02. The lowest BCUT2D eigenvalue weighted by atomic mass is 10.0. The van der Waals surface area contributed by atoms with Crippen LogP contribution in [-0.2, 0) is 9.59 Å². The van der Waals surface area contributed by atoms with E-state index in [0.29, 0.717) is 36.8 Å². The fraction of sp³-hybridized carbons (Fsp3) is 0.364. The third kappa shape index (κ3) is 4.13. The van der Waals surface area contributed by atoms with Crippen LogP contribution in [0.4, 0.5) is 5.69 Å². The van der Waals surface area contributed by atoms with Gasteiger partial charge in [-0.25, -0.2) is 0 Å². The highest BCUT2D eigenvalue weighted by Gasteiger charge is 2.27. The highest BCUT2D eigenvalue weighted by Crippen LogP contribution is 2.33. The first-order chi connectivity index (χ1) is 14.2. The van der Waals surface area contributed by atoms with Crippen molar-refractivity contribution in [3.63, 3.8) is 0 Å². The monoisotopic (exact) mass is 396 g/mol. The largest absolute Gasteiger partial charge is 0.490 e. The number of fused-ring (bicyclic) bond motifs is 2. The molecule has 2 aromatic carbocycles. The normalized spacial score (nSPS) is 16.3. The lowest BCUT2D eigenvalue weighted by molar-refractivity contribution is -0.125. The standard InChI is InChI=1S/C22H24N2O5/c1-2-16(15-8-9-19-20(12-15)28-11-5-10-27-19)23-21(25)13-24-17-6-3-4-7-18(17)29-14-22(24)26/h3-4,6-9,12,16H,2,5,10-11,13-14H2,1H3,(H,23,25). The number of carbonyl (C=O) groups excluding carboxylic acids is 2. The zero-order chi connectivity index (χ0) is 20.2. The fourth-order valence-electron chi connectivity index (χ4n) is 3.53. The number of carbonyl (C=O) groups is 2. The Balaban J connectivity index is 1.47. The van der Waals surface area contributed by atoms with E-state index in [1.807, 2.05) is 37.3 Å². The second-order valence-corrected chi connectivity index (χ2v) is 7.02. The molecular formula is C22H24N2O5. The molecule has 2 aliphatic rings. The second-order valence-electron chi connectivity index (χ2n) is 7.02. The molecule has 4 rings (SSSR count). The average Bonchev–Trinajstić information content (AvgIpc) is 2.99. The third-order valence-corrected chi connectivity index (χ3v) is 5.03. The molecule has 1 unspecified atom stereocenters. The first-order valence-corrected chi connectivity index (χ1v) is 9.87. The second kappa shape index (κ2) is 8.43. The van der Waals surface area contributed by atoms with E-state index in [4.69, 9.17) is 14.2 Å². The van der Waals surface area contributed by atoms with E-state index < -0.39 is 0 Å². The summed E-state index contributed by atoms with van der Waals surface area (Å²) in [6.45, 7) is 3.13. The Bertz CT molecular complexity index is 914. The van der Waals surface area contributed by atoms with Gasteiger partial charge < -0.3 is 19.5 Å². The van der Waals surface area contributed by atoms with Crippen LogP contribution in [0.1, 0.15) is 31.4 Å². The predicted octanol–water partition coefficient (Wildman–Crippen LogP) is 2.84. The molecule has 152 valence electrons. The van der Waals surface area contributed by atoms with Crippen molar-refractivity contribution in [1.29, 1.82) is 0 Å². The number of nitrogens with zero attached hydrogens (tertiary/aromatic N) is 1. The van der Waals surface area contributed by atoms with Crippen LogP contribution < -0.4 is 24.4 Å². The van der Waals surface area contributed by atoms with E-state index in [0.717, 1.165) is 17.7 Å². The molecule has 2 heterocycles. The van der Waals surface area contributed by atoms with E-state index in [1.54, 1.807) is 12.1 Å². The molecule has 2 aliphatic heterocycles. The van der Waals surface area contributed by atoms with Crippen molar-refractivity contribution in [1.82, 2.24) is 5.32 Å². The molecule has 0 saturated carbocycles. The van der Waals surface area contributed by atoms with Crippen LogP contribution in [0, 0.1) is 0 Å². The molecule has 0 bridgehead atoms. The van der Waals surface area contributed by atoms with E-state index in [9.17, 15) is 9.59 Å². The van der Waals surface area contributed by atoms with Gasteiger partial charge >= 0.3 is 0 Å². The minimum Gasteiger partial charge on any atom is -0.490 e. The lowest BCUT2D eigenvalue weighted by Crippen LogP contribution is -2.45. The summed E-state index contributed by atoms with van der Waals surface area (Å²) in [5, 5.41) is 3.03. The zero-order valence-corrected chi connectivity index (χ0v) is 16.3. The number of para-hydroxylation sites is 2. The summed E-state index contributed by atoms with van der Waals surface area (Å²) in [5.74, 6) is 1.57. The zero-order valence-electron chi connectivity index (χ0n) is 16.3. The Labute approximate surface area is 169 Å². The van der Waals surface area contributed by atoms with Crippen LogP contribution in [0.5, 0.6) is 17.2 Å². The molecule has 0 fully saturated rings. The van der Waals surface area contributed by atoms with Crippen molar-refractivity contribution in [2.75, 3.05) is 31.3 Å². The number of anilines is 1. The number of hydrogen-bond donors (Lipinski definition) is 1. The molecule has 0 aromatic heterocycles. The number of amides is 2. The van der Waals surface area contributed by atoms with Gasteiger partial charge in [0.15, 0.2) is 18.1 Å². The minimum absolute atomic E-state index is 0.0553. The van der Waals surface area contributed by atoms with Crippen LogP contribution >= 0.6 is 0 Å². The number of rotatable bonds is 5. The molecule has 7 heteroatoms. The number of ether oxygens (including phenoxy) is 3. The molecule has 7 nitrogen and oxygen atoms in total. The van der Waals surface area contributed by atoms with Crippen molar-refractivity contribution in [3.8, 4) is 17.2 Å². The summed E-state index contributed by atoms with van der Waals surface area (Å²) in [7, 11) is 0. The molecule has 0 spiro atoms. The van der Waals surface area contributed by atoms with Crippen molar-refractivity contribution < 1.29 is 23.8 Å². The molecule has 0 saturated heterocycles. The molecule has 0 radical (unpaired) electrons. The minimum atomic E-state index is -0.234. The lowest BCUT2D eigenvalue weighted by Gasteiger charge is -2.29. The van der Waals surface area contributed by atoms with Crippen LogP contribution in [-0.4, -0.2) is 38.2 Å². The molecule has 1 atom stereocenters. The van der Waals surface area contributed by atoms with Gasteiger partial charge in [-0.15, -0.1) is 0 Å². The van der Waals surface area contributed by atoms with E-state index in [-0.39, 0.29) is 31.0 Å². The van der Waals surface area contributed by atoms with E-state index in [2.05, 4.69) is 5.32 Å². The topological polar surface area (TPSA) is 77.1 Å². The molecular weight excluding hydrogens is 372 g/mol. The van der Waals surface area contributed by atoms with Gasteiger partial charge in [-0.2, -0.15) is 0 Å². The van der Waals surface area contributed by atoms with Crippen LogP contribution in [0.2, 0.25) is 0 Å². The first kappa shape index (κ1) is 19.1. The van der Waals surface area contributed by atoms with Crippen molar-refractivity contribution in [2.45, 2.75) is 25.8 Å². The number of nitrogens with one attached hydrogen (secondary N) is 1. The van der Waals surface area contributed by atoms with Gasteiger partial charge in [-0.3, -0.25) is 14.5 Å². The number of hydrogen-bond acceptors (Lipinski definition) is 5. The molecule has 2 amide bonds. The van der Waals surface area contributed by atoms with Crippen LogP contribution in [0.15, 0.2) is 42.5 Å². The van der Waals surface area contributed by atoms with Gasteiger partial charge in [0.25, 0.3) is 5.91 Å². The summed E-state index contributed by atoms with van der Waals surface area (Å²) >= 11 is 0. The quantitative estimate of drug-likeness (QED) is 0.841. The summed E-state index contributed by atoms with van der Waals surface area (Å²) in [6, 6.07) is 12.8. The fourth-order valence-corrected chi connectivity index (χ4v) is 3.53. The molecule has 29 heavy (non-hydrogen) atoms. The van der Waals surface area contributed by atoms with Crippen LogP contribution in [0.3, 0.4) is 0 Å². The van der Waals surface area contributed by atoms with Gasteiger partial charge in [0.2, 0.25) is 5.91 Å². The van der Waals surface area contributed by atoms with Crippen molar-refractivity contribution in [3.05, 3.63) is 48.0 Å². The van der Waals surface area contributed by atoms with Gasteiger partial charge in [0.05, 0.1) is 24.9 Å². The van der Waals surface area contributed by atoms with Gasteiger partial charge in [-0.05, 0) is 36.2 Å². The van der Waals surface area contributed by atoms with Crippen molar-refractivity contribution >= 4 is 17.5 Å². The smallest absolute Gasteiger partial charge is 0.265 e. The SMILES string of the molecule is CCC(NC(=O)CN1C(=O)COc2ccccc21)c1ccc2c(c1)OCCCO2. The maximum atomic E-state index is 12.8. The average molecular weight is 396 g/mol.